The zero-order valence-corrected chi connectivity index (χ0v) is 11.2. The second-order valence-corrected chi connectivity index (χ2v) is 4.48. The van der Waals surface area contributed by atoms with Gasteiger partial charge in [-0.05, 0) is 37.6 Å². The SMILES string of the molecule is CNC1CCOC(c2ccc(OC)c(OC)c2)C1. The first kappa shape index (κ1) is 13.2. The molecule has 18 heavy (non-hydrogen) atoms. The number of ether oxygens (including phenoxy) is 3. The van der Waals surface area contributed by atoms with Gasteiger partial charge in [0.25, 0.3) is 0 Å². The molecule has 100 valence electrons. The van der Waals surface area contributed by atoms with E-state index in [2.05, 4.69) is 5.32 Å². The summed E-state index contributed by atoms with van der Waals surface area (Å²) in [5.41, 5.74) is 1.15. The highest BCUT2D eigenvalue weighted by atomic mass is 16.5. The Kier molecular flexibility index (Phi) is 4.44. The third kappa shape index (κ3) is 2.76. The fourth-order valence-electron chi connectivity index (χ4n) is 2.34. The number of hydrogen-bond donors (Lipinski definition) is 1. The van der Waals surface area contributed by atoms with Gasteiger partial charge in [0.2, 0.25) is 0 Å². The van der Waals surface area contributed by atoms with Gasteiger partial charge >= 0.3 is 0 Å². The lowest BCUT2D eigenvalue weighted by atomic mass is 9.97. The molecular formula is C14H21NO3. The van der Waals surface area contributed by atoms with Gasteiger partial charge in [0, 0.05) is 12.6 Å². The molecule has 1 aliphatic rings. The molecule has 0 bridgehead atoms. The highest BCUT2D eigenvalue weighted by molar-refractivity contribution is 5.43. The quantitative estimate of drug-likeness (QED) is 0.890. The van der Waals surface area contributed by atoms with Crippen LogP contribution in [0.25, 0.3) is 0 Å². The van der Waals surface area contributed by atoms with Crippen molar-refractivity contribution in [1.29, 1.82) is 0 Å². The van der Waals surface area contributed by atoms with E-state index in [0.29, 0.717) is 6.04 Å². The Balaban J connectivity index is 2.17. The van der Waals surface area contributed by atoms with Gasteiger partial charge in [-0.25, -0.2) is 0 Å². The fourth-order valence-corrected chi connectivity index (χ4v) is 2.34. The summed E-state index contributed by atoms with van der Waals surface area (Å²) in [6, 6.07) is 6.50. The molecule has 1 aromatic carbocycles. The molecule has 1 aromatic rings. The van der Waals surface area contributed by atoms with Crippen molar-refractivity contribution in [2.45, 2.75) is 25.0 Å². The van der Waals surface area contributed by atoms with Crippen molar-refractivity contribution in [2.75, 3.05) is 27.9 Å². The van der Waals surface area contributed by atoms with E-state index in [0.717, 1.165) is 36.5 Å². The van der Waals surface area contributed by atoms with Crippen LogP contribution in [0, 0.1) is 0 Å². The largest absolute Gasteiger partial charge is 0.493 e. The van der Waals surface area contributed by atoms with Crippen molar-refractivity contribution in [1.82, 2.24) is 5.32 Å². The van der Waals surface area contributed by atoms with E-state index in [-0.39, 0.29) is 6.10 Å². The predicted octanol–water partition coefficient (Wildman–Crippen LogP) is 2.14. The molecule has 0 saturated carbocycles. The second kappa shape index (κ2) is 6.07. The lowest BCUT2D eigenvalue weighted by Gasteiger charge is -2.29. The van der Waals surface area contributed by atoms with Crippen LogP contribution in [0.4, 0.5) is 0 Å². The van der Waals surface area contributed by atoms with E-state index in [1.165, 1.54) is 0 Å². The van der Waals surface area contributed by atoms with E-state index in [1.807, 2.05) is 25.2 Å². The van der Waals surface area contributed by atoms with E-state index in [1.54, 1.807) is 14.2 Å². The molecule has 0 aliphatic carbocycles. The Morgan fingerprint density at radius 3 is 2.67 bits per heavy atom. The Labute approximate surface area is 108 Å². The summed E-state index contributed by atoms with van der Waals surface area (Å²) in [5, 5.41) is 3.32. The number of hydrogen-bond acceptors (Lipinski definition) is 4. The molecule has 1 N–H and O–H groups in total. The van der Waals surface area contributed by atoms with E-state index >= 15 is 0 Å². The minimum atomic E-state index is 0.135. The van der Waals surface area contributed by atoms with Gasteiger partial charge in [0.15, 0.2) is 11.5 Å². The highest BCUT2D eigenvalue weighted by Gasteiger charge is 2.23. The third-order valence-corrected chi connectivity index (χ3v) is 3.47. The molecule has 0 radical (unpaired) electrons. The maximum Gasteiger partial charge on any atom is 0.161 e. The molecule has 0 spiro atoms. The van der Waals surface area contributed by atoms with Gasteiger partial charge in [-0.15, -0.1) is 0 Å². The van der Waals surface area contributed by atoms with Gasteiger partial charge in [-0.2, -0.15) is 0 Å². The van der Waals surface area contributed by atoms with Crippen molar-refractivity contribution in [3.63, 3.8) is 0 Å². The standard InChI is InChI=1S/C14H21NO3/c1-15-11-6-7-18-13(9-11)10-4-5-12(16-2)14(8-10)17-3/h4-5,8,11,13,15H,6-7,9H2,1-3H3. The highest BCUT2D eigenvalue weighted by Crippen LogP contribution is 2.34. The van der Waals surface area contributed by atoms with Crippen LogP contribution >= 0.6 is 0 Å². The van der Waals surface area contributed by atoms with Gasteiger partial charge < -0.3 is 19.5 Å². The van der Waals surface area contributed by atoms with Crippen LogP contribution in [0.3, 0.4) is 0 Å². The summed E-state index contributed by atoms with van der Waals surface area (Å²) >= 11 is 0. The Morgan fingerprint density at radius 1 is 1.22 bits per heavy atom. The summed E-state index contributed by atoms with van der Waals surface area (Å²) in [5.74, 6) is 1.51. The average Bonchev–Trinajstić information content (AvgIpc) is 2.46. The minimum absolute atomic E-state index is 0.135. The monoisotopic (exact) mass is 251 g/mol. The second-order valence-electron chi connectivity index (χ2n) is 4.48. The van der Waals surface area contributed by atoms with E-state index in [4.69, 9.17) is 14.2 Å². The van der Waals surface area contributed by atoms with Crippen LogP contribution < -0.4 is 14.8 Å². The lowest BCUT2D eigenvalue weighted by Crippen LogP contribution is -2.33. The van der Waals surface area contributed by atoms with Gasteiger partial charge in [0.1, 0.15) is 0 Å². The molecule has 4 heteroatoms. The van der Waals surface area contributed by atoms with Crippen LogP contribution in [0.15, 0.2) is 18.2 Å². The first-order chi connectivity index (χ1) is 8.78. The van der Waals surface area contributed by atoms with Crippen LogP contribution in [0.2, 0.25) is 0 Å². The summed E-state index contributed by atoms with van der Waals surface area (Å²) in [6.07, 6.45) is 2.20. The zero-order valence-electron chi connectivity index (χ0n) is 11.2. The number of nitrogens with one attached hydrogen (secondary N) is 1. The smallest absolute Gasteiger partial charge is 0.161 e. The van der Waals surface area contributed by atoms with Crippen LogP contribution in [0.1, 0.15) is 24.5 Å². The van der Waals surface area contributed by atoms with Gasteiger partial charge in [0.05, 0.1) is 20.3 Å². The number of methoxy groups -OCH3 is 2. The maximum absolute atomic E-state index is 5.83. The van der Waals surface area contributed by atoms with Crippen molar-refractivity contribution in [2.24, 2.45) is 0 Å². The minimum Gasteiger partial charge on any atom is -0.493 e. The fraction of sp³-hybridized carbons (Fsp3) is 0.571. The van der Waals surface area contributed by atoms with Crippen LogP contribution in [-0.4, -0.2) is 33.9 Å². The molecule has 2 atom stereocenters. The summed E-state index contributed by atoms with van der Waals surface area (Å²) in [4.78, 5) is 0. The van der Waals surface area contributed by atoms with Crippen molar-refractivity contribution in [3.8, 4) is 11.5 Å². The number of rotatable bonds is 4. The van der Waals surface area contributed by atoms with Crippen molar-refractivity contribution >= 4 is 0 Å². The first-order valence-corrected chi connectivity index (χ1v) is 6.29. The van der Waals surface area contributed by atoms with E-state index in [9.17, 15) is 0 Å². The third-order valence-electron chi connectivity index (χ3n) is 3.47. The summed E-state index contributed by atoms with van der Waals surface area (Å²) in [7, 11) is 5.30. The van der Waals surface area contributed by atoms with E-state index < -0.39 is 0 Å². The molecule has 1 heterocycles. The molecule has 2 rings (SSSR count). The molecule has 4 nitrogen and oxygen atoms in total. The average molecular weight is 251 g/mol. The van der Waals surface area contributed by atoms with Crippen molar-refractivity contribution < 1.29 is 14.2 Å². The predicted molar refractivity (Wildman–Crippen MR) is 70.3 cm³/mol. The zero-order chi connectivity index (χ0) is 13.0. The Bertz CT molecular complexity index is 395. The van der Waals surface area contributed by atoms with Gasteiger partial charge in [-0.1, -0.05) is 6.07 Å². The molecule has 0 amide bonds. The van der Waals surface area contributed by atoms with Crippen LogP contribution in [0.5, 0.6) is 11.5 Å². The van der Waals surface area contributed by atoms with Crippen molar-refractivity contribution in [3.05, 3.63) is 23.8 Å². The summed E-state index contributed by atoms with van der Waals surface area (Å²) < 4.78 is 16.4. The normalized spacial score (nSPS) is 23.7. The maximum atomic E-state index is 5.83. The molecule has 2 unspecified atom stereocenters. The lowest BCUT2D eigenvalue weighted by molar-refractivity contribution is 0.00142. The Morgan fingerprint density at radius 2 is 2.00 bits per heavy atom. The molecule has 1 aliphatic heterocycles. The first-order valence-electron chi connectivity index (χ1n) is 6.29. The molecule has 1 saturated heterocycles. The molecule has 1 fully saturated rings. The number of benzene rings is 1. The molecule has 0 aromatic heterocycles. The topological polar surface area (TPSA) is 39.7 Å². The van der Waals surface area contributed by atoms with Gasteiger partial charge in [-0.3, -0.25) is 0 Å². The Hall–Kier alpha value is -1.26. The summed E-state index contributed by atoms with van der Waals surface area (Å²) in [6.45, 7) is 0.796. The molecular weight excluding hydrogens is 230 g/mol. The van der Waals surface area contributed by atoms with Crippen LogP contribution in [-0.2, 0) is 4.74 Å².